The molecule has 0 amide bonds. The fraction of sp³-hybridized carbons (Fsp3) is 0.520. The molecule has 4 rings (SSSR count). The molecule has 0 saturated carbocycles. The molecule has 4 aromatic rings. The number of hydrogen-bond acceptors (Lipinski definition) is 9. The molecule has 0 radical (unpaired) electrons. The fourth-order valence-electron chi connectivity index (χ4n) is 7.29. The Balaban J connectivity index is 0.000000427. The summed E-state index contributed by atoms with van der Waals surface area (Å²) in [5, 5.41) is 21.9. The summed E-state index contributed by atoms with van der Waals surface area (Å²) < 4.78 is 78.3. The molecular formula is C50H70CaO10S2. The first-order valence-corrected chi connectivity index (χ1v) is 25.8. The predicted octanol–water partition coefficient (Wildman–Crippen LogP) is 13.2. The fourth-order valence-corrected chi connectivity index (χ4v) is 8.34. The summed E-state index contributed by atoms with van der Waals surface area (Å²) in [6.07, 6.45) is 28.2. The molecule has 0 unspecified atom stereocenters. The average Bonchev–Trinajstić information content (AvgIpc) is 3.24. The van der Waals surface area contributed by atoms with Crippen molar-refractivity contribution in [3.05, 3.63) is 96.1 Å². The maximum atomic E-state index is 11.9. The molecule has 63 heavy (non-hydrogen) atoms. The van der Waals surface area contributed by atoms with Gasteiger partial charge in [-0.1, -0.05) is 178 Å². The number of aromatic hydroxyl groups is 1. The van der Waals surface area contributed by atoms with E-state index in [4.69, 9.17) is 9.47 Å². The molecule has 0 spiro atoms. The molecular weight excluding hydrogens is 865 g/mol. The van der Waals surface area contributed by atoms with Crippen LogP contribution in [0.1, 0.15) is 166 Å². The molecule has 0 fully saturated rings. The standard InChI is InChI=1S/2C25H36O5S.Ca/c2*1-2-3-4-5-6-7-8-9-10-11-12-15-21-20-22(31(27,28)29)18-19-24(21)30-25-17-14-13-16-23(25)26;/h2*13-14,16-20,26H,2-12,15H2,1H3,(H,27,28,29);/q;;+2/p-2. The Morgan fingerprint density at radius 1 is 0.476 bits per heavy atom. The van der Waals surface area contributed by atoms with E-state index in [0.29, 0.717) is 41.2 Å². The number of ether oxygens (including phenoxy) is 2. The molecule has 0 saturated heterocycles. The van der Waals surface area contributed by atoms with Crippen LogP contribution < -0.4 is 14.6 Å². The van der Waals surface area contributed by atoms with Gasteiger partial charge in [0.25, 0.3) is 10.1 Å². The molecule has 10 nitrogen and oxygen atoms in total. The normalized spacial score (nSPS) is 11.4. The van der Waals surface area contributed by atoms with Crippen LogP contribution in [0, 0.1) is 0 Å². The maximum absolute atomic E-state index is 11.9. The Morgan fingerprint density at radius 3 is 1.25 bits per heavy atom. The van der Waals surface area contributed by atoms with Crippen molar-refractivity contribution in [3.63, 3.8) is 0 Å². The van der Waals surface area contributed by atoms with E-state index in [2.05, 4.69) is 13.8 Å². The Bertz CT molecular complexity index is 1940. The average molecular weight is 935 g/mol. The largest absolute Gasteiger partial charge is 2.00 e. The van der Waals surface area contributed by atoms with Gasteiger partial charge in [-0.2, -0.15) is 8.42 Å². The number of phenols is 1. The summed E-state index contributed by atoms with van der Waals surface area (Å²) in [7, 11) is -8.83. The Hall–Kier alpha value is -2.84. The van der Waals surface area contributed by atoms with Crippen LogP contribution in [0.3, 0.4) is 0 Å². The van der Waals surface area contributed by atoms with Gasteiger partial charge in [0.15, 0.2) is 11.5 Å². The van der Waals surface area contributed by atoms with Gasteiger partial charge in [0.1, 0.15) is 27.4 Å². The van der Waals surface area contributed by atoms with Crippen LogP contribution >= 0.6 is 0 Å². The number of rotatable bonds is 30. The summed E-state index contributed by atoms with van der Waals surface area (Å²) in [4.78, 5) is -0.413. The Kier molecular flexibility index (Phi) is 28.5. The number of aryl methyl sites for hydroxylation is 2. The topological polar surface area (TPSA) is 173 Å². The third-order valence-electron chi connectivity index (χ3n) is 10.9. The van der Waals surface area contributed by atoms with Gasteiger partial charge in [0, 0.05) is 0 Å². The number of hydrogen-bond donors (Lipinski definition) is 2. The van der Waals surface area contributed by atoms with Gasteiger partial charge in [0.2, 0.25) is 0 Å². The minimum absolute atomic E-state index is 0. The van der Waals surface area contributed by atoms with Gasteiger partial charge in [-0.05, 0) is 91.4 Å². The summed E-state index contributed by atoms with van der Waals surface area (Å²) in [6, 6.07) is 21.3. The van der Waals surface area contributed by atoms with Crippen LogP contribution in [-0.2, 0) is 33.1 Å². The zero-order valence-electron chi connectivity index (χ0n) is 37.7. The Morgan fingerprint density at radius 2 is 0.841 bits per heavy atom. The first kappa shape index (κ1) is 56.3. The van der Waals surface area contributed by atoms with Crippen molar-refractivity contribution in [1.82, 2.24) is 0 Å². The summed E-state index contributed by atoms with van der Waals surface area (Å²) in [5.74, 6) is 1.16. The smallest absolute Gasteiger partial charge is 0.870 e. The second-order valence-electron chi connectivity index (χ2n) is 16.2. The van der Waals surface area contributed by atoms with Crippen LogP contribution in [0.4, 0.5) is 0 Å². The molecule has 344 valence electrons. The minimum Gasteiger partial charge on any atom is -0.870 e. The zero-order chi connectivity index (χ0) is 45.1. The molecule has 2 N–H and O–H groups in total. The van der Waals surface area contributed by atoms with E-state index in [1.54, 1.807) is 36.4 Å². The molecule has 0 aromatic heterocycles. The monoisotopic (exact) mass is 934 g/mol. The van der Waals surface area contributed by atoms with E-state index >= 15 is 0 Å². The quantitative estimate of drug-likeness (QED) is 0.0291. The van der Waals surface area contributed by atoms with E-state index in [0.717, 1.165) is 38.5 Å². The van der Waals surface area contributed by atoms with E-state index in [1.165, 1.54) is 151 Å². The van der Waals surface area contributed by atoms with Gasteiger partial charge >= 0.3 is 37.7 Å². The van der Waals surface area contributed by atoms with Crippen LogP contribution in [0.5, 0.6) is 34.5 Å². The van der Waals surface area contributed by atoms with Crippen LogP contribution in [0.25, 0.3) is 0 Å². The van der Waals surface area contributed by atoms with Crippen molar-refractivity contribution >= 4 is 58.0 Å². The molecule has 0 bridgehead atoms. The van der Waals surface area contributed by atoms with Crippen molar-refractivity contribution in [1.29, 1.82) is 0 Å². The van der Waals surface area contributed by atoms with Gasteiger partial charge in [0.05, 0.1) is 9.79 Å². The number of benzene rings is 4. The molecule has 0 aliphatic rings. The second-order valence-corrected chi connectivity index (χ2v) is 19.0. The molecule has 0 heterocycles. The second kappa shape index (κ2) is 31.9. The first-order chi connectivity index (χ1) is 29.8. The van der Waals surface area contributed by atoms with Crippen LogP contribution in [0.2, 0.25) is 0 Å². The number of unbranched alkanes of at least 4 members (excludes halogenated alkanes) is 20. The van der Waals surface area contributed by atoms with E-state index in [9.17, 15) is 36.2 Å². The van der Waals surface area contributed by atoms with Crippen molar-refractivity contribution < 1.29 is 45.6 Å². The van der Waals surface area contributed by atoms with Crippen LogP contribution in [-0.4, -0.2) is 68.8 Å². The van der Waals surface area contributed by atoms with Crippen molar-refractivity contribution in [2.24, 2.45) is 0 Å². The van der Waals surface area contributed by atoms with Gasteiger partial charge in [-0.3, -0.25) is 4.55 Å². The number of para-hydroxylation sites is 4. The molecule has 0 aliphatic carbocycles. The van der Waals surface area contributed by atoms with E-state index in [-0.39, 0.29) is 64.8 Å². The van der Waals surface area contributed by atoms with Crippen molar-refractivity contribution in [3.8, 4) is 34.5 Å². The van der Waals surface area contributed by atoms with Crippen LogP contribution in [0.15, 0.2) is 94.7 Å². The van der Waals surface area contributed by atoms with Crippen molar-refractivity contribution in [2.75, 3.05) is 0 Å². The summed E-state index contributed by atoms with van der Waals surface area (Å²) in [6.45, 7) is 4.47. The van der Waals surface area contributed by atoms with Gasteiger partial charge < -0.3 is 24.2 Å². The zero-order valence-corrected chi connectivity index (χ0v) is 41.6. The molecule has 13 heteroatoms. The minimum atomic E-state index is -4.54. The van der Waals surface area contributed by atoms with E-state index < -0.39 is 20.2 Å². The molecule has 0 atom stereocenters. The Labute approximate surface area is 408 Å². The number of phenolic OH excluding ortho intramolecular Hbond substituents is 1. The summed E-state index contributed by atoms with van der Waals surface area (Å²) in [5.41, 5.74) is 1.34. The first-order valence-electron chi connectivity index (χ1n) is 22.9. The van der Waals surface area contributed by atoms with Gasteiger partial charge in [-0.25, -0.2) is 8.42 Å². The van der Waals surface area contributed by atoms with Gasteiger partial charge in [-0.15, -0.1) is 0 Å². The SMILES string of the molecule is CCCCCCCCCCCCCc1cc(S(=O)(=O)O)ccc1Oc1ccccc1O.CCCCCCCCCCCCCc1cc(S(=O)(=O)[O-])ccc1Oc1ccccc1[O-].[Ca+2]. The van der Waals surface area contributed by atoms with E-state index in [1.807, 2.05) is 0 Å². The maximum Gasteiger partial charge on any atom is 2.00 e. The molecule has 4 aromatic carbocycles. The molecule has 0 aliphatic heterocycles. The predicted molar refractivity (Wildman–Crippen MR) is 251 cm³/mol. The van der Waals surface area contributed by atoms with Crippen molar-refractivity contribution in [2.45, 2.75) is 178 Å². The third-order valence-corrected chi connectivity index (χ3v) is 12.6. The third kappa shape index (κ3) is 23.3. The summed E-state index contributed by atoms with van der Waals surface area (Å²) >= 11 is 0.